The van der Waals surface area contributed by atoms with E-state index in [9.17, 15) is 27.2 Å². The third-order valence-electron chi connectivity index (χ3n) is 4.58. The highest BCUT2D eigenvalue weighted by Gasteiger charge is 2.38. The minimum atomic E-state index is -4.59. The molecule has 2 N–H and O–H groups in total. The van der Waals surface area contributed by atoms with Gasteiger partial charge in [0.25, 0.3) is 5.91 Å². The lowest BCUT2D eigenvalue weighted by Crippen LogP contribution is -2.44. The predicted octanol–water partition coefficient (Wildman–Crippen LogP) is 2.62. The van der Waals surface area contributed by atoms with E-state index in [0.29, 0.717) is 5.69 Å². The summed E-state index contributed by atoms with van der Waals surface area (Å²) in [5.74, 6) is -1.67. The van der Waals surface area contributed by atoms with Crippen molar-refractivity contribution >= 4 is 17.6 Å². The van der Waals surface area contributed by atoms with Gasteiger partial charge in [-0.2, -0.15) is 23.5 Å². The molecule has 0 bridgehead atoms. The molecule has 0 aliphatic carbocycles. The smallest absolute Gasteiger partial charge is 0.340 e. The molecule has 12 heteroatoms. The summed E-state index contributed by atoms with van der Waals surface area (Å²) in [7, 11) is 0. The summed E-state index contributed by atoms with van der Waals surface area (Å²) in [6.07, 6.45) is -3.43. The minimum absolute atomic E-state index is 0.0582. The first-order chi connectivity index (χ1) is 14.1. The lowest BCUT2D eigenvalue weighted by Gasteiger charge is -2.28. The number of nitrogens with zero attached hydrogens (tertiary/aromatic N) is 4. The molecule has 2 aromatic rings. The normalized spacial score (nSPS) is 14.5. The number of halogens is 4. The van der Waals surface area contributed by atoms with Crippen LogP contribution in [0.15, 0.2) is 24.4 Å². The second kappa shape index (κ2) is 8.02. The van der Waals surface area contributed by atoms with Gasteiger partial charge in [-0.1, -0.05) is 0 Å². The number of carbonyl (C=O) groups is 2. The van der Waals surface area contributed by atoms with E-state index in [2.05, 4.69) is 10.4 Å². The molecule has 158 valence electrons. The Morgan fingerprint density at radius 1 is 1.30 bits per heavy atom. The molecule has 8 nitrogen and oxygen atoms in total. The van der Waals surface area contributed by atoms with Crippen molar-refractivity contribution in [3.05, 3.63) is 47.0 Å². The molecule has 1 aliphatic heterocycles. The molecular formula is C18H16F4N6O2. The van der Waals surface area contributed by atoms with Gasteiger partial charge in [0.15, 0.2) is 0 Å². The molecule has 0 saturated heterocycles. The number of nitriles is 1. The standard InChI is InChI=1S/C18H16F4N6O2/c1-10(18(20,21)22)25-16(29)13-8-24-28-5-4-27(9-15(13)28)17(30)26-12-2-3-14(19)11(6-12)7-23/h2-3,6,8,10H,4-5,9H2,1H3,(H,25,29)(H,26,30)/t10-/m1/s1. The number of alkyl halides is 3. The maximum Gasteiger partial charge on any atom is 0.408 e. The van der Waals surface area contributed by atoms with Crippen LogP contribution in [0, 0.1) is 17.1 Å². The van der Waals surface area contributed by atoms with Crippen LogP contribution in [0.4, 0.5) is 28.0 Å². The summed E-state index contributed by atoms with van der Waals surface area (Å²) in [6.45, 7) is 1.22. The highest BCUT2D eigenvalue weighted by atomic mass is 19.4. The molecule has 0 unspecified atom stereocenters. The topological polar surface area (TPSA) is 103 Å². The van der Waals surface area contributed by atoms with E-state index in [4.69, 9.17) is 5.26 Å². The third kappa shape index (κ3) is 4.35. The second-order valence-corrected chi connectivity index (χ2v) is 6.62. The van der Waals surface area contributed by atoms with Gasteiger partial charge in [-0.25, -0.2) is 9.18 Å². The minimum Gasteiger partial charge on any atom is -0.340 e. The van der Waals surface area contributed by atoms with Gasteiger partial charge in [0.2, 0.25) is 0 Å². The van der Waals surface area contributed by atoms with Crippen molar-refractivity contribution in [2.45, 2.75) is 32.2 Å². The van der Waals surface area contributed by atoms with E-state index in [1.165, 1.54) is 21.7 Å². The van der Waals surface area contributed by atoms with E-state index < -0.39 is 30.0 Å². The van der Waals surface area contributed by atoms with Gasteiger partial charge in [0.05, 0.1) is 36.1 Å². The van der Waals surface area contributed by atoms with Crippen molar-refractivity contribution in [3.8, 4) is 6.07 Å². The molecule has 1 aliphatic rings. The fourth-order valence-electron chi connectivity index (χ4n) is 2.86. The molecular weight excluding hydrogens is 408 g/mol. The molecule has 0 radical (unpaired) electrons. The van der Waals surface area contributed by atoms with Crippen LogP contribution in [0.2, 0.25) is 0 Å². The monoisotopic (exact) mass is 424 g/mol. The number of amides is 3. The predicted molar refractivity (Wildman–Crippen MR) is 95.8 cm³/mol. The first-order valence-electron chi connectivity index (χ1n) is 8.78. The van der Waals surface area contributed by atoms with Crippen molar-refractivity contribution < 1.29 is 27.2 Å². The Morgan fingerprint density at radius 2 is 2.03 bits per heavy atom. The second-order valence-electron chi connectivity index (χ2n) is 6.62. The highest BCUT2D eigenvalue weighted by molar-refractivity contribution is 5.96. The van der Waals surface area contributed by atoms with Gasteiger partial charge in [-0.05, 0) is 25.1 Å². The summed E-state index contributed by atoms with van der Waals surface area (Å²) < 4.78 is 53.0. The lowest BCUT2D eigenvalue weighted by atomic mass is 10.1. The molecule has 1 aromatic carbocycles. The Labute approximate surface area is 168 Å². The summed E-state index contributed by atoms with van der Waals surface area (Å²) in [6, 6.07) is 2.56. The number of nitrogens with one attached hydrogen (secondary N) is 2. The zero-order chi connectivity index (χ0) is 22.1. The molecule has 0 spiro atoms. The number of rotatable bonds is 3. The molecule has 2 heterocycles. The van der Waals surface area contributed by atoms with E-state index in [1.807, 2.05) is 5.32 Å². The summed E-state index contributed by atoms with van der Waals surface area (Å²) in [5, 5.41) is 17.3. The maximum absolute atomic E-state index is 13.4. The van der Waals surface area contributed by atoms with Gasteiger partial charge < -0.3 is 15.5 Å². The Balaban J connectivity index is 1.72. The summed E-state index contributed by atoms with van der Waals surface area (Å²) in [4.78, 5) is 26.1. The van der Waals surface area contributed by atoms with Gasteiger partial charge >= 0.3 is 12.2 Å². The van der Waals surface area contributed by atoms with Crippen molar-refractivity contribution in [3.63, 3.8) is 0 Å². The zero-order valence-corrected chi connectivity index (χ0v) is 15.6. The molecule has 1 aromatic heterocycles. The number of benzene rings is 1. The number of aromatic nitrogens is 2. The summed E-state index contributed by atoms with van der Waals surface area (Å²) >= 11 is 0. The van der Waals surface area contributed by atoms with Crippen LogP contribution in [0.5, 0.6) is 0 Å². The molecule has 30 heavy (non-hydrogen) atoms. The van der Waals surface area contributed by atoms with Crippen LogP contribution in [0.1, 0.15) is 28.5 Å². The maximum atomic E-state index is 13.4. The van der Waals surface area contributed by atoms with Crippen LogP contribution in [0.3, 0.4) is 0 Å². The van der Waals surface area contributed by atoms with Crippen LogP contribution >= 0.6 is 0 Å². The van der Waals surface area contributed by atoms with E-state index in [1.54, 1.807) is 6.07 Å². The van der Waals surface area contributed by atoms with E-state index >= 15 is 0 Å². The van der Waals surface area contributed by atoms with Crippen LogP contribution in [0.25, 0.3) is 0 Å². The average molecular weight is 424 g/mol. The first-order valence-corrected chi connectivity index (χ1v) is 8.78. The lowest BCUT2D eigenvalue weighted by molar-refractivity contribution is -0.149. The third-order valence-corrected chi connectivity index (χ3v) is 4.58. The van der Waals surface area contributed by atoms with E-state index in [-0.39, 0.29) is 36.4 Å². The van der Waals surface area contributed by atoms with Crippen molar-refractivity contribution in [2.24, 2.45) is 0 Å². The number of carbonyl (C=O) groups excluding carboxylic acids is 2. The molecule has 3 amide bonds. The fraction of sp³-hybridized carbons (Fsp3) is 0.333. The average Bonchev–Trinajstić information content (AvgIpc) is 3.11. The van der Waals surface area contributed by atoms with Crippen LogP contribution in [-0.2, 0) is 13.1 Å². The number of urea groups is 1. The number of fused-ring (bicyclic) bond motifs is 1. The molecule has 0 fully saturated rings. The van der Waals surface area contributed by atoms with Crippen LogP contribution in [-0.4, -0.2) is 45.4 Å². The van der Waals surface area contributed by atoms with Crippen molar-refractivity contribution in [1.82, 2.24) is 20.0 Å². The van der Waals surface area contributed by atoms with Crippen LogP contribution < -0.4 is 10.6 Å². The molecule has 1 atom stereocenters. The van der Waals surface area contributed by atoms with Gasteiger partial charge in [0, 0.05) is 12.2 Å². The van der Waals surface area contributed by atoms with Gasteiger partial charge in [-0.15, -0.1) is 0 Å². The Hall–Kier alpha value is -3.62. The quantitative estimate of drug-likeness (QED) is 0.740. The zero-order valence-electron chi connectivity index (χ0n) is 15.6. The van der Waals surface area contributed by atoms with Gasteiger partial charge in [0.1, 0.15) is 17.9 Å². The van der Waals surface area contributed by atoms with Crippen molar-refractivity contribution in [1.29, 1.82) is 5.26 Å². The number of anilines is 1. The van der Waals surface area contributed by atoms with E-state index in [0.717, 1.165) is 19.2 Å². The molecule has 0 saturated carbocycles. The number of hydrogen-bond acceptors (Lipinski definition) is 4. The highest BCUT2D eigenvalue weighted by Crippen LogP contribution is 2.22. The van der Waals surface area contributed by atoms with Crippen molar-refractivity contribution in [2.75, 3.05) is 11.9 Å². The Bertz CT molecular complexity index is 1030. The summed E-state index contributed by atoms with van der Waals surface area (Å²) in [5.41, 5.74) is 0.202. The molecule has 3 rings (SSSR count). The Kier molecular flexibility index (Phi) is 5.64. The fourth-order valence-corrected chi connectivity index (χ4v) is 2.86. The van der Waals surface area contributed by atoms with Gasteiger partial charge in [-0.3, -0.25) is 9.48 Å². The number of hydrogen-bond donors (Lipinski definition) is 2. The largest absolute Gasteiger partial charge is 0.408 e. The first kappa shape index (κ1) is 21.1. The Morgan fingerprint density at radius 3 is 2.70 bits per heavy atom. The SMILES string of the molecule is C[C@@H](NC(=O)c1cnn2c1CN(C(=O)Nc1ccc(F)c(C#N)c1)CC2)C(F)(F)F.